The summed E-state index contributed by atoms with van der Waals surface area (Å²) < 4.78 is 61.6. The summed E-state index contributed by atoms with van der Waals surface area (Å²) in [6.45, 7) is 35.0. The van der Waals surface area contributed by atoms with Gasteiger partial charge in [0.1, 0.15) is 34.6 Å². The average Bonchev–Trinajstić information content (AvgIpc) is 1.60. The second kappa shape index (κ2) is 42.2. The van der Waals surface area contributed by atoms with Gasteiger partial charge in [-0.3, -0.25) is 38.4 Å². The van der Waals surface area contributed by atoms with Gasteiger partial charge in [0.25, 0.3) is 33.4 Å². The Bertz CT molecular complexity index is 7300. The second-order valence-electron chi connectivity index (χ2n) is 38.6. The van der Waals surface area contributed by atoms with Gasteiger partial charge < -0.3 is 83.5 Å². The first-order valence-electron chi connectivity index (χ1n) is 44.9. The number of alkyl halides is 3. The van der Waals surface area contributed by atoms with Crippen LogP contribution in [-0.4, -0.2) is 158 Å². The summed E-state index contributed by atoms with van der Waals surface area (Å²) in [5, 5.41) is 78.4. The van der Waals surface area contributed by atoms with E-state index in [-0.39, 0.29) is 92.7 Å². The number of carbonyl (C=O) groups excluding carboxylic acids is 3. The standard InChI is InChI=1S/C24H21F3N2O5.C21H26N2O3.C17H19NO3.C16H17NO4.C16H19NO3.C15H17NO2/c1-4-34-22(32)18-13(2)10-17-19(18)15(12-29(3)21(17)31)8-9-23(33,24(25,26)27)16-7-5-6-14(11-16)20(28)30;1-12(2)16-11-26-19(22-16)17-13(3)9-15-18(17)14(7-8-21(4,5)25)10-23(6)20(15)24;1-10-8-13-15(14(10)11(2)19)12(6-7-17(3,4)21)9-18(5)16(13)20;1-9-7-11-13(12(9)15(19)20)10(5-6-16(2,3)21)8-17(4)14(11)18;1-10-7-12-14(13(10)9-18)11(5-6-16(2,3)20)8-17(4)15(12)19;1-10-7-12-11(5-6-15(2,3)18)9-16(4)14(17)13(12)8-10/h5-7,11-12,33H,4,10H2,1-3H3,(H2,28,30);10,12,16,25H,9,11H2,1-6H3;9,21H,8H2,1-5H3;8,21H,7H2,1-4H3,(H,19,20);8,18,20H,7,9H2,1-4H3;7,9,18H,8H2,1-4H3. The van der Waals surface area contributed by atoms with Crippen molar-refractivity contribution in [2.24, 2.45) is 58.9 Å². The number of benzene rings is 1. The number of carbonyl (C=O) groups is 4. The average molecular weight is 1920 g/mol. The predicted octanol–water partition coefficient (Wildman–Crippen LogP) is 9.11. The number of hydrogen-bond donors (Lipinski definition) is 9. The van der Waals surface area contributed by atoms with Gasteiger partial charge in [0.15, 0.2) is 5.78 Å². The van der Waals surface area contributed by atoms with Crippen LogP contribution in [0.4, 0.5) is 13.2 Å². The number of carboxylic acids is 1. The van der Waals surface area contributed by atoms with E-state index in [1.165, 1.54) is 51.7 Å². The maximum Gasteiger partial charge on any atom is 0.433 e. The summed E-state index contributed by atoms with van der Waals surface area (Å²) in [5.74, 6) is 30.8. The van der Waals surface area contributed by atoms with Crippen LogP contribution in [0.2, 0.25) is 0 Å². The van der Waals surface area contributed by atoms with E-state index in [4.69, 9.17) is 20.2 Å². The maximum absolute atomic E-state index is 14.0. The minimum absolute atomic E-state index is 0.0258. The third kappa shape index (κ3) is 25.1. The Morgan fingerprint density at radius 1 is 0.486 bits per heavy atom. The SMILES string of the molecule is CC(=O)C1=C(C)Cc2c1c(C#CC(C)(C)O)cn(C)c2=O.CC1=C(C(=O)O)c2c(C#CC(C)(C)O)cn(C)c(=O)c2C1.CC1=C(C2=NC(C(C)C)CO2)c2c(C#CC(C)(C)O)cn(C)c(=O)c2C1.CC1=C(CO)c2c(C#CC(C)(C)O)cn(C)c(=O)c2C1.CC1=Cc2c(C#CC(C)(C)O)cn(C)c(=O)c2C1.CCOC(=O)C1=C(C)Cc2c1c(C#CC(O)(c1cccc(C(N)=O)c1)C(F)(F)F)cn(C)c2=O. The molecule has 1 aliphatic heterocycles. The van der Waals surface area contributed by atoms with Gasteiger partial charge in [0.2, 0.25) is 17.4 Å². The van der Waals surface area contributed by atoms with Crippen LogP contribution in [0.25, 0.3) is 33.9 Å². The molecule has 140 heavy (non-hydrogen) atoms. The van der Waals surface area contributed by atoms with Crippen molar-refractivity contribution >= 4 is 63.5 Å². The number of pyridine rings is 6. The highest BCUT2D eigenvalue weighted by Crippen LogP contribution is 2.43. The van der Waals surface area contributed by atoms with Crippen molar-refractivity contribution in [3.63, 3.8) is 0 Å². The molecule has 6 aliphatic carbocycles. The minimum atomic E-state index is -5.25. The number of carboxylic acid groups (broad SMARTS) is 1. The van der Waals surface area contributed by atoms with Crippen LogP contribution in [-0.2, 0) is 110 Å². The fraction of sp³-hybridized carbons (Fsp3) is 0.404. The number of hydrogen-bond acceptors (Lipinski definition) is 20. The van der Waals surface area contributed by atoms with Crippen LogP contribution in [0.5, 0.6) is 0 Å². The van der Waals surface area contributed by atoms with Crippen LogP contribution in [0.15, 0.2) is 129 Å². The number of nitrogens with two attached hydrogens (primary N) is 1. The van der Waals surface area contributed by atoms with Gasteiger partial charge in [-0.15, -0.1) is 0 Å². The van der Waals surface area contributed by atoms with Gasteiger partial charge in [-0.2, -0.15) is 13.2 Å². The van der Waals surface area contributed by atoms with E-state index in [1.807, 2.05) is 39.7 Å². The number of aryl methyl sites for hydroxylation is 6. The van der Waals surface area contributed by atoms with Crippen molar-refractivity contribution in [2.45, 2.75) is 223 Å². The molecule has 7 aliphatic rings. The van der Waals surface area contributed by atoms with E-state index >= 15 is 0 Å². The van der Waals surface area contributed by atoms with Gasteiger partial charge in [-0.1, -0.05) is 131 Å². The molecule has 2 atom stereocenters. The fourth-order valence-electron chi connectivity index (χ4n) is 16.5. The van der Waals surface area contributed by atoms with Crippen LogP contribution < -0.4 is 39.1 Å². The van der Waals surface area contributed by atoms with Crippen molar-refractivity contribution in [1.82, 2.24) is 27.4 Å². The molecular formula is C109H119F3N8O20. The Hall–Kier alpha value is -14.2. The van der Waals surface area contributed by atoms with Gasteiger partial charge in [-0.05, 0) is 167 Å². The summed E-state index contributed by atoms with van der Waals surface area (Å²) in [6, 6.07) is 4.25. The van der Waals surface area contributed by atoms with Crippen LogP contribution in [0.3, 0.4) is 0 Å². The molecule has 0 radical (unpaired) electrons. The molecule has 7 heterocycles. The highest BCUT2D eigenvalue weighted by atomic mass is 19.4. The summed E-state index contributed by atoms with van der Waals surface area (Å²) in [6.07, 6.45) is 8.94. The van der Waals surface area contributed by atoms with Crippen molar-refractivity contribution in [2.75, 3.05) is 19.8 Å². The molecule has 2 unspecified atom stereocenters. The Labute approximate surface area is 810 Å². The normalized spacial score (nSPS) is 15.1. The number of aromatic nitrogens is 6. The predicted molar refractivity (Wildman–Crippen MR) is 531 cm³/mol. The van der Waals surface area contributed by atoms with Crippen molar-refractivity contribution in [1.29, 1.82) is 0 Å². The number of halogens is 3. The summed E-state index contributed by atoms with van der Waals surface area (Å²) in [7, 11) is 9.81. The van der Waals surface area contributed by atoms with Gasteiger partial charge >= 0.3 is 18.1 Å². The molecule has 1 amide bonds. The number of aliphatic hydroxyl groups excluding tert-OH is 1. The number of aliphatic imine (C=N–C) groups is 1. The summed E-state index contributed by atoms with van der Waals surface area (Å²) >= 11 is 0. The third-order valence-corrected chi connectivity index (χ3v) is 23.2. The van der Waals surface area contributed by atoms with Crippen molar-refractivity contribution in [3.05, 3.63) is 268 Å². The summed E-state index contributed by atoms with van der Waals surface area (Å²) in [5.41, 5.74) is 12.1. The number of ketones is 1. The molecule has 0 saturated carbocycles. The van der Waals surface area contributed by atoms with E-state index in [0.29, 0.717) is 112 Å². The molecule has 0 bridgehead atoms. The molecule has 7 aromatic rings. The first kappa shape index (κ1) is 109. The lowest BCUT2D eigenvalue weighted by molar-refractivity contribution is -0.240. The van der Waals surface area contributed by atoms with Crippen LogP contribution >= 0.6 is 0 Å². The highest BCUT2D eigenvalue weighted by molar-refractivity contribution is 6.24. The number of amides is 1. The van der Waals surface area contributed by atoms with E-state index in [9.17, 15) is 102 Å². The smallest absolute Gasteiger partial charge is 0.433 e. The Kier molecular flexibility index (Phi) is 33.0. The number of fused-ring (bicyclic) bond motifs is 6. The maximum atomic E-state index is 14.0. The molecule has 10 N–H and O–H groups in total. The van der Waals surface area contributed by atoms with Crippen molar-refractivity contribution < 1.29 is 82.7 Å². The molecule has 31 heteroatoms. The monoisotopic (exact) mass is 1920 g/mol. The van der Waals surface area contributed by atoms with Crippen molar-refractivity contribution in [3.8, 4) is 71.0 Å². The summed E-state index contributed by atoms with van der Waals surface area (Å²) in [4.78, 5) is 126. The van der Waals surface area contributed by atoms with Crippen LogP contribution in [0.1, 0.15) is 255 Å². The molecule has 6 aromatic heterocycles. The number of rotatable bonds is 9. The lowest BCUT2D eigenvalue weighted by atomic mass is 9.91. The number of esters is 1. The van der Waals surface area contributed by atoms with Gasteiger partial charge in [-0.25, -0.2) is 14.6 Å². The molecule has 0 spiro atoms. The van der Waals surface area contributed by atoms with Gasteiger partial charge in [0.05, 0.1) is 30.4 Å². The van der Waals surface area contributed by atoms with E-state index in [1.54, 1.807) is 159 Å². The fourth-order valence-corrected chi connectivity index (χ4v) is 16.5. The minimum Gasteiger partial charge on any atom is -0.478 e. The first-order valence-corrected chi connectivity index (χ1v) is 44.9. The number of Topliss-reactive ketones (excluding diaryl/α,β-unsaturated/α-hetero) is 1. The molecule has 0 saturated heterocycles. The number of ether oxygens (including phenoxy) is 2. The molecule has 1 aromatic carbocycles. The zero-order valence-electron chi connectivity index (χ0n) is 83.7. The van der Waals surface area contributed by atoms with E-state index in [2.05, 4.69) is 79.0 Å². The third-order valence-electron chi connectivity index (χ3n) is 23.2. The zero-order chi connectivity index (χ0) is 105. The molecular weight excluding hydrogens is 1800 g/mol. The quantitative estimate of drug-likeness (QED) is 0.0480. The number of aliphatic hydroxyl groups is 7. The lowest BCUT2D eigenvalue weighted by Crippen LogP contribution is -2.41. The van der Waals surface area contributed by atoms with Gasteiger partial charge in [0, 0.05) is 228 Å². The number of allylic oxidation sites excluding steroid dienone is 7. The lowest BCUT2D eigenvalue weighted by Gasteiger charge is -2.26. The largest absolute Gasteiger partial charge is 0.478 e. The number of primary amides is 1. The Morgan fingerprint density at radius 2 is 0.829 bits per heavy atom. The van der Waals surface area contributed by atoms with E-state index in [0.717, 1.165) is 89.6 Å². The molecule has 28 nitrogen and oxygen atoms in total. The number of nitrogens with zero attached hydrogens (tertiary/aromatic N) is 7. The zero-order valence-corrected chi connectivity index (χ0v) is 83.7. The topological polar surface area (TPSA) is 419 Å². The Morgan fingerprint density at radius 3 is 1.21 bits per heavy atom. The highest BCUT2D eigenvalue weighted by Gasteiger charge is 2.55. The molecule has 736 valence electrons. The first-order chi connectivity index (χ1) is 64.6. The molecule has 0 fully saturated rings. The van der Waals surface area contributed by atoms with Crippen LogP contribution in [0, 0.1) is 77.0 Å². The number of aliphatic carboxylic acids is 1. The Balaban J connectivity index is 0.000000190. The second-order valence-corrected chi connectivity index (χ2v) is 38.6. The molecule has 14 rings (SSSR count). The van der Waals surface area contributed by atoms with E-state index < -0.39 is 68.8 Å².